The summed E-state index contributed by atoms with van der Waals surface area (Å²) in [7, 11) is -0.411. The third-order valence-electron chi connectivity index (χ3n) is 5.29. The van der Waals surface area contributed by atoms with Gasteiger partial charge >= 0.3 is 13.2 Å². The van der Waals surface area contributed by atoms with E-state index in [1.165, 1.54) is 0 Å². The van der Waals surface area contributed by atoms with E-state index in [0.717, 1.165) is 16.6 Å². The van der Waals surface area contributed by atoms with Crippen LogP contribution in [0.5, 0.6) is 0 Å². The number of carbonyl (C=O) groups excluding carboxylic acids is 1. The summed E-state index contributed by atoms with van der Waals surface area (Å²) in [6.07, 6.45) is -0.301. The number of nitrogens with zero attached hydrogens (tertiary/aromatic N) is 1. The van der Waals surface area contributed by atoms with Crippen LogP contribution in [0.1, 0.15) is 66.5 Å². The molecule has 1 heterocycles. The Morgan fingerprint density at radius 1 is 1.15 bits per heavy atom. The Bertz CT molecular complexity index is 678. The molecule has 0 spiro atoms. The SMILES string of the molecule is CCN(Cc1cc(B2OC(C)(C)C(C)(C)O2)ccc1C)C(=O)OC(C)(C)C. The van der Waals surface area contributed by atoms with Crippen LogP contribution in [0.2, 0.25) is 0 Å². The molecule has 1 saturated heterocycles. The maximum atomic E-state index is 12.5. The molecule has 6 heteroatoms. The number of carbonyl (C=O) groups is 1. The van der Waals surface area contributed by atoms with Crippen molar-refractivity contribution < 1.29 is 18.8 Å². The molecule has 1 aliphatic rings. The van der Waals surface area contributed by atoms with Crippen molar-refractivity contribution in [1.82, 2.24) is 4.90 Å². The first-order valence-electron chi connectivity index (χ1n) is 9.69. The standard InChI is InChI=1S/C21H34BNO4/c1-10-23(18(24)25-19(3,4)5)14-16-13-17(12-11-15(16)2)22-26-20(6,7)21(8,9)27-22/h11-13H,10,14H2,1-9H3. The molecule has 0 unspecified atom stereocenters. The molecule has 1 amide bonds. The molecule has 1 aromatic rings. The van der Waals surface area contributed by atoms with Crippen molar-refractivity contribution in [3.05, 3.63) is 29.3 Å². The second-order valence-electron chi connectivity index (χ2n) is 9.27. The number of rotatable bonds is 4. The van der Waals surface area contributed by atoms with Gasteiger partial charge in [-0.25, -0.2) is 4.79 Å². The molecule has 0 bridgehead atoms. The van der Waals surface area contributed by atoms with Gasteiger partial charge in [0.1, 0.15) is 5.60 Å². The highest BCUT2D eigenvalue weighted by Crippen LogP contribution is 2.36. The highest BCUT2D eigenvalue weighted by molar-refractivity contribution is 6.62. The summed E-state index contributed by atoms with van der Waals surface area (Å²) in [6.45, 7) is 18.9. The van der Waals surface area contributed by atoms with Crippen LogP contribution in [0.4, 0.5) is 4.79 Å². The normalized spacial score (nSPS) is 18.5. The number of amides is 1. The van der Waals surface area contributed by atoms with Crippen molar-refractivity contribution in [1.29, 1.82) is 0 Å². The van der Waals surface area contributed by atoms with Crippen molar-refractivity contribution in [2.24, 2.45) is 0 Å². The summed E-state index contributed by atoms with van der Waals surface area (Å²) in [5.74, 6) is 0. The molecule has 1 fully saturated rings. The minimum Gasteiger partial charge on any atom is -0.444 e. The Balaban J connectivity index is 2.21. The predicted molar refractivity (Wildman–Crippen MR) is 109 cm³/mol. The van der Waals surface area contributed by atoms with E-state index < -0.39 is 12.7 Å². The Morgan fingerprint density at radius 2 is 1.70 bits per heavy atom. The van der Waals surface area contributed by atoms with Crippen molar-refractivity contribution in [2.75, 3.05) is 6.54 Å². The highest BCUT2D eigenvalue weighted by Gasteiger charge is 2.51. The second-order valence-corrected chi connectivity index (χ2v) is 9.27. The van der Waals surface area contributed by atoms with E-state index >= 15 is 0 Å². The van der Waals surface area contributed by atoms with Gasteiger partial charge in [0.2, 0.25) is 0 Å². The molecular weight excluding hydrogens is 341 g/mol. The van der Waals surface area contributed by atoms with E-state index in [0.29, 0.717) is 13.1 Å². The summed E-state index contributed by atoms with van der Waals surface area (Å²) in [5.41, 5.74) is 1.88. The number of ether oxygens (including phenoxy) is 1. The van der Waals surface area contributed by atoms with E-state index in [1.807, 2.05) is 68.4 Å². The smallest absolute Gasteiger partial charge is 0.444 e. The number of benzene rings is 1. The van der Waals surface area contributed by atoms with Gasteiger partial charge in [-0.3, -0.25) is 0 Å². The lowest BCUT2D eigenvalue weighted by Crippen LogP contribution is -2.41. The Kier molecular flexibility index (Phi) is 6.03. The summed E-state index contributed by atoms with van der Waals surface area (Å²) in [4.78, 5) is 14.2. The van der Waals surface area contributed by atoms with Crippen molar-refractivity contribution >= 4 is 18.7 Å². The zero-order valence-corrected chi connectivity index (χ0v) is 18.3. The maximum Gasteiger partial charge on any atom is 0.494 e. The predicted octanol–water partition coefficient (Wildman–Crippen LogP) is 4.05. The maximum absolute atomic E-state index is 12.5. The second kappa shape index (κ2) is 7.48. The monoisotopic (exact) mass is 375 g/mol. The lowest BCUT2D eigenvalue weighted by molar-refractivity contribution is 0.00578. The Labute approximate surface area is 164 Å². The van der Waals surface area contributed by atoms with Crippen molar-refractivity contribution in [2.45, 2.75) is 85.7 Å². The molecule has 27 heavy (non-hydrogen) atoms. The molecule has 5 nitrogen and oxygen atoms in total. The summed E-state index contributed by atoms with van der Waals surface area (Å²) in [6, 6.07) is 6.16. The van der Waals surface area contributed by atoms with Crippen LogP contribution in [-0.2, 0) is 20.6 Å². The summed E-state index contributed by atoms with van der Waals surface area (Å²) < 4.78 is 17.8. The van der Waals surface area contributed by atoms with E-state index in [-0.39, 0.29) is 17.3 Å². The van der Waals surface area contributed by atoms with Crippen LogP contribution in [0.15, 0.2) is 18.2 Å². The summed E-state index contributed by atoms with van der Waals surface area (Å²) >= 11 is 0. The lowest BCUT2D eigenvalue weighted by Gasteiger charge is -2.32. The molecule has 2 rings (SSSR count). The third-order valence-corrected chi connectivity index (χ3v) is 5.29. The van der Waals surface area contributed by atoms with Crippen molar-refractivity contribution in [3.8, 4) is 0 Å². The fraction of sp³-hybridized carbons (Fsp3) is 0.667. The van der Waals surface area contributed by atoms with Crippen LogP contribution >= 0.6 is 0 Å². The molecule has 0 aliphatic carbocycles. The van der Waals surface area contributed by atoms with Gasteiger partial charge in [-0.1, -0.05) is 18.2 Å². The molecule has 0 radical (unpaired) electrons. The highest BCUT2D eigenvalue weighted by atomic mass is 16.7. The zero-order chi connectivity index (χ0) is 20.6. The lowest BCUT2D eigenvalue weighted by atomic mass is 9.77. The first-order valence-corrected chi connectivity index (χ1v) is 9.69. The van der Waals surface area contributed by atoms with E-state index in [1.54, 1.807) is 4.90 Å². The number of hydrogen-bond acceptors (Lipinski definition) is 4. The molecular formula is C21H34BNO4. The van der Waals surface area contributed by atoms with Gasteiger partial charge in [-0.15, -0.1) is 0 Å². The number of hydrogen-bond donors (Lipinski definition) is 0. The first-order chi connectivity index (χ1) is 12.3. The summed E-state index contributed by atoms with van der Waals surface area (Å²) in [5, 5.41) is 0. The van der Waals surface area contributed by atoms with Crippen LogP contribution in [0, 0.1) is 6.92 Å². The molecule has 0 aromatic heterocycles. The molecule has 1 aliphatic heterocycles. The Hall–Kier alpha value is -1.53. The van der Waals surface area contributed by atoms with Crippen LogP contribution in [0.3, 0.4) is 0 Å². The first kappa shape index (κ1) is 21.8. The van der Waals surface area contributed by atoms with Gasteiger partial charge in [0.05, 0.1) is 11.2 Å². The third kappa shape index (κ3) is 5.05. The van der Waals surface area contributed by atoms with Gasteiger partial charge in [0, 0.05) is 13.1 Å². The van der Waals surface area contributed by atoms with Gasteiger partial charge < -0.3 is 18.9 Å². The molecule has 0 atom stereocenters. The fourth-order valence-electron chi connectivity index (χ4n) is 2.83. The molecule has 1 aromatic carbocycles. The van der Waals surface area contributed by atoms with Crippen LogP contribution in [0.25, 0.3) is 0 Å². The molecule has 150 valence electrons. The van der Waals surface area contributed by atoms with Gasteiger partial charge in [-0.2, -0.15) is 0 Å². The Morgan fingerprint density at radius 3 is 2.19 bits per heavy atom. The average molecular weight is 375 g/mol. The van der Waals surface area contributed by atoms with Crippen LogP contribution < -0.4 is 5.46 Å². The zero-order valence-electron chi connectivity index (χ0n) is 18.3. The average Bonchev–Trinajstić information content (AvgIpc) is 2.72. The number of aryl methyl sites for hydroxylation is 1. The van der Waals surface area contributed by atoms with Gasteiger partial charge in [-0.05, 0) is 78.9 Å². The fourth-order valence-corrected chi connectivity index (χ4v) is 2.83. The quantitative estimate of drug-likeness (QED) is 0.745. The topological polar surface area (TPSA) is 48.0 Å². The van der Waals surface area contributed by atoms with Crippen molar-refractivity contribution in [3.63, 3.8) is 0 Å². The molecule has 0 N–H and O–H groups in total. The van der Waals surface area contributed by atoms with Gasteiger partial charge in [0.15, 0.2) is 0 Å². The minimum atomic E-state index is -0.510. The minimum absolute atomic E-state index is 0.301. The van der Waals surface area contributed by atoms with Crippen LogP contribution in [-0.4, -0.2) is 41.5 Å². The van der Waals surface area contributed by atoms with Gasteiger partial charge in [0.25, 0.3) is 0 Å². The van der Waals surface area contributed by atoms with E-state index in [2.05, 4.69) is 12.1 Å². The molecule has 0 saturated carbocycles. The van der Waals surface area contributed by atoms with E-state index in [4.69, 9.17) is 14.0 Å². The largest absolute Gasteiger partial charge is 0.494 e. The van der Waals surface area contributed by atoms with E-state index in [9.17, 15) is 4.79 Å².